The second-order valence-corrected chi connectivity index (χ2v) is 5.27. The first-order valence-corrected chi connectivity index (χ1v) is 6.77. The molecule has 1 unspecified atom stereocenters. The molecule has 4 rings (SSSR count). The summed E-state index contributed by atoms with van der Waals surface area (Å²) in [4.78, 5) is 38.5. The van der Waals surface area contributed by atoms with E-state index in [1.165, 1.54) is 0 Å². The van der Waals surface area contributed by atoms with Crippen LogP contribution >= 0.6 is 0 Å². The fourth-order valence-corrected chi connectivity index (χ4v) is 3.12. The third kappa shape index (κ3) is 1.53. The molecular weight excluding hydrogens is 266 g/mol. The van der Waals surface area contributed by atoms with Gasteiger partial charge in [-0.3, -0.25) is 19.3 Å². The smallest absolute Gasteiger partial charge is 0.262 e. The topological polar surface area (TPSA) is 54.5 Å². The summed E-state index contributed by atoms with van der Waals surface area (Å²) in [6, 6.07) is 13.2. The van der Waals surface area contributed by atoms with E-state index in [0.29, 0.717) is 23.1 Å². The predicted octanol–water partition coefficient (Wildman–Crippen LogP) is 2.09. The summed E-state index contributed by atoms with van der Waals surface area (Å²) < 4.78 is 0. The van der Waals surface area contributed by atoms with Gasteiger partial charge in [-0.25, -0.2) is 0 Å². The minimum atomic E-state index is -0.713. The van der Waals surface area contributed by atoms with Crippen LogP contribution in [0, 0.1) is 0 Å². The summed E-state index contributed by atoms with van der Waals surface area (Å²) in [5.74, 6) is -0.899. The molecule has 21 heavy (non-hydrogen) atoms. The number of hydrogen-bond acceptors (Lipinski definition) is 3. The molecule has 2 aromatic rings. The monoisotopic (exact) mass is 277 g/mol. The number of Topliss-reactive ketones (excluding diaryl/α,β-unsaturated/α-hetero) is 1. The number of benzene rings is 2. The van der Waals surface area contributed by atoms with Crippen molar-refractivity contribution in [2.75, 3.05) is 0 Å². The fourth-order valence-electron chi connectivity index (χ4n) is 3.12. The second kappa shape index (κ2) is 4.12. The van der Waals surface area contributed by atoms with E-state index in [1.807, 2.05) is 12.1 Å². The molecule has 4 heteroatoms. The lowest BCUT2D eigenvalue weighted by molar-refractivity contribution is 0.0551. The number of nitrogens with zero attached hydrogens (tertiary/aromatic N) is 1. The van der Waals surface area contributed by atoms with Gasteiger partial charge in [0, 0.05) is 12.0 Å². The predicted molar refractivity (Wildman–Crippen MR) is 75.2 cm³/mol. The van der Waals surface area contributed by atoms with Gasteiger partial charge in [0.2, 0.25) is 0 Å². The van der Waals surface area contributed by atoms with Crippen LogP contribution in [0.25, 0.3) is 0 Å². The zero-order valence-electron chi connectivity index (χ0n) is 11.1. The normalized spacial score (nSPS) is 19.9. The number of carbonyl (C=O) groups excluding carboxylic acids is 3. The molecule has 2 amide bonds. The van der Waals surface area contributed by atoms with Gasteiger partial charge in [-0.2, -0.15) is 0 Å². The molecule has 2 aliphatic rings. The van der Waals surface area contributed by atoms with Crippen LogP contribution < -0.4 is 0 Å². The van der Waals surface area contributed by atoms with Gasteiger partial charge in [0.25, 0.3) is 11.8 Å². The number of amides is 2. The highest BCUT2D eigenvalue weighted by Crippen LogP contribution is 2.31. The van der Waals surface area contributed by atoms with Gasteiger partial charge in [0.15, 0.2) is 5.78 Å². The van der Waals surface area contributed by atoms with Crippen molar-refractivity contribution < 1.29 is 14.4 Å². The molecule has 1 aliphatic heterocycles. The molecule has 0 spiro atoms. The molecule has 0 aromatic heterocycles. The summed E-state index contributed by atoms with van der Waals surface area (Å²) in [6.07, 6.45) is 0.403. The van der Waals surface area contributed by atoms with E-state index in [1.54, 1.807) is 36.4 Å². The molecule has 0 N–H and O–H groups in total. The summed E-state index contributed by atoms with van der Waals surface area (Å²) in [7, 11) is 0. The molecule has 0 fully saturated rings. The van der Waals surface area contributed by atoms with Crippen molar-refractivity contribution >= 4 is 17.6 Å². The summed E-state index contributed by atoms with van der Waals surface area (Å²) in [5.41, 5.74) is 2.26. The quantitative estimate of drug-likeness (QED) is 0.750. The molecule has 0 radical (unpaired) electrons. The van der Waals surface area contributed by atoms with Crippen molar-refractivity contribution in [3.63, 3.8) is 0 Å². The molecule has 4 nitrogen and oxygen atoms in total. The summed E-state index contributed by atoms with van der Waals surface area (Å²) >= 11 is 0. The maximum absolute atomic E-state index is 12.5. The molecule has 0 saturated heterocycles. The van der Waals surface area contributed by atoms with Crippen molar-refractivity contribution in [1.29, 1.82) is 0 Å². The maximum atomic E-state index is 12.5. The molecule has 0 bridgehead atoms. The number of carbonyl (C=O) groups is 3. The van der Waals surface area contributed by atoms with E-state index in [4.69, 9.17) is 0 Å². The Hall–Kier alpha value is -2.75. The van der Waals surface area contributed by atoms with Crippen LogP contribution in [0.5, 0.6) is 0 Å². The van der Waals surface area contributed by atoms with Crippen molar-refractivity contribution in [3.05, 3.63) is 70.8 Å². The Kier molecular flexibility index (Phi) is 2.36. The lowest BCUT2D eigenvalue weighted by Gasteiger charge is -2.20. The molecular formula is C17H11NO3. The zero-order chi connectivity index (χ0) is 14.6. The van der Waals surface area contributed by atoms with E-state index >= 15 is 0 Å². The molecule has 1 atom stereocenters. The molecule has 1 heterocycles. The highest BCUT2D eigenvalue weighted by molar-refractivity contribution is 6.24. The third-order valence-corrected chi connectivity index (χ3v) is 4.14. The van der Waals surface area contributed by atoms with Gasteiger partial charge in [-0.05, 0) is 17.7 Å². The Morgan fingerprint density at radius 1 is 0.762 bits per heavy atom. The largest absolute Gasteiger partial charge is 0.292 e. The second-order valence-electron chi connectivity index (χ2n) is 5.27. The van der Waals surface area contributed by atoms with Gasteiger partial charge in [0.1, 0.15) is 6.04 Å². The average Bonchev–Trinajstić information content (AvgIpc) is 2.96. The first-order valence-electron chi connectivity index (χ1n) is 6.77. The van der Waals surface area contributed by atoms with E-state index in [9.17, 15) is 14.4 Å². The van der Waals surface area contributed by atoms with Crippen molar-refractivity contribution in [3.8, 4) is 0 Å². The van der Waals surface area contributed by atoms with Gasteiger partial charge < -0.3 is 0 Å². The lowest BCUT2D eigenvalue weighted by Crippen LogP contribution is -2.43. The minimum absolute atomic E-state index is 0.153. The molecule has 0 saturated carbocycles. The Morgan fingerprint density at radius 2 is 1.29 bits per heavy atom. The van der Waals surface area contributed by atoms with Crippen molar-refractivity contribution in [2.45, 2.75) is 12.5 Å². The van der Waals surface area contributed by atoms with E-state index in [0.717, 1.165) is 10.5 Å². The van der Waals surface area contributed by atoms with Crippen molar-refractivity contribution in [1.82, 2.24) is 4.90 Å². The van der Waals surface area contributed by atoms with Crippen LogP contribution in [0.15, 0.2) is 48.5 Å². The van der Waals surface area contributed by atoms with Crippen molar-refractivity contribution in [2.24, 2.45) is 0 Å². The molecule has 102 valence electrons. The van der Waals surface area contributed by atoms with Gasteiger partial charge in [-0.1, -0.05) is 36.4 Å². The number of fused-ring (bicyclic) bond motifs is 2. The van der Waals surface area contributed by atoms with Crippen LogP contribution in [-0.2, 0) is 6.42 Å². The lowest BCUT2D eigenvalue weighted by atomic mass is 10.1. The first-order chi connectivity index (χ1) is 10.2. The SMILES string of the molecule is O=C1c2ccccc2CC1N1C(=O)c2ccccc2C1=O. The van der Waals surface area contributed by atoms with Gasteiger partial charge in [-0.15, -0.1) is 0 Å². The Balaban J connectivity index is 1.76. The van der Waals surface area contributed by atoms with Gasteiger partial charge >= 0.3 is 0 Å². The number of imide groups is 1. The van der Waals surface area contributed by atoms with E-state index < -0.39 is 6.04 Å². The van der Waals surface area contributed by atoms with Crippen LogP contribution in [-0.4, -0.2) is 28.5 Å². The third-order valence-electron chi connectivity index (χ3n) is 4.14. The van der Waals surface area contributed by atoms with Crippen LogP contribution in [0.2, 0.25) is 0 Å². The van der Waals surface area contributed by atoms with E-state index in [2.05, 4.69) is 0 Å². The summed E-state index contributed by atoms with van der Waals surface area (Å²) in [5, 5.41) is 0. The number of rotatable bonds is 1. The minimum Gasteiger partial charge on any atom is -0.292 e. The Labute approximate surface area is 121 Å². The fraction of sp³-hybridized carbons (Fsp3) is 0.118. The van der Waals surface area contributed by atoms with Crippen LogP contribution in [0.1, 0.15) is 36.6 Å². The zero-order valence-corrected chi connectivity index (χ0v) is 11.1. The standard InChI is InChI=1S/C17H11NO3/c19-15-11-6-2-1-5-10(11)9-14(15)18-16(20)12-7-3-4-8-13(12)17(18)21/h1-8,14H,9H2. The number of ketones is 1. The average molecular weight is 277 g/mol. The van der Waals surface area contributed by atoms with Crippen LogP contribution in [0.4, 0.5) is 0 Å². The molecule has 2 aromatic carbocycles. The first kappa shape index (κ1) is 12.0. The van der Waals surface area contributed by atoms with Gasteiger partial charge in [0.05, 0.1) is 11.1 Å². The van der Waals surface area contributed by atoms with E-state index in [-0.39, 0.29) is 17.6 Å². The van der Waals surface area contributed by atoms with Crippen LogP contribution in [0.3, 0.4) is 0 Å². The molecule has 1 aliphatic carbocycles. The highest BCUT2D eigenvalue weighted by atomic mass is 16.2. The number of hydrogen-bond donors (Lipinski definition) is 0. The highest BCUT2D eigenvalue weighted by Gasteiger charge is 2.45. The maximum Gasteiger partial charge on any atom is 0.262 e. The Morgan fingerprint density at radius 3 is 1.86 bits per heavy atom. The Bertz CT molecular complexity index is 774. The summed E-state index contributed by atoms with van der Waals surface area (Å²) in [6.45, 7) is 0.